The SMILES string of the molecule is CCOC(=O)c1[nH]c(C)c(/C(O)=C2\C(=O)C(=O)N(CCN(CC)CC)C2c2ccc(C)o2)c1C. The smallest absolute Gasteiger partial charge is 0.355 e. The lowest BCUT2D eigenvalue weighted by Crippen LogP contribution is -2.37. The van der Waals surface area contributed by atoms with Gasteiger partial charge in [-0.15, -0.1) is 0 Å². The maximum Gasteiger partial charge on any atom is 0.355 e. The lowest BCUT2D eigenvalue weighted by Gasteiger charge is -2.26. The van der Waals surface area contributed by atoms with Gasteiger partial charge in [-0.1, -0.05) is 13.8 Å². The van der Waals surface area contributed by atoms with Gasteiger partial charge in [-0.25, -0.2) is 4.79 Å². The number of hydrogen-bond acceptors (Lipinski definition) is 7. The Labute approximate surface area is 199 Å². The van der Waals surface area contributed by atoms with Gasteiger partial charge in [0.25, 0.3) is 11.7 Å². The van der Waals surface area contributed by atoms with Gasteiger partial charge >= 0.3 is 5.97 Å². The van der Waals surface area contributed by atoms with Gasteiger partial charge in [0.05, 0.1) is 12.2 Å². The lowest BCUT2D eigenvalue weighted by molar-refractivity contribution is -0.140. The minimum absolute atomic E-state index is 0.0560. The maximum absolute atomic E-state index is 13.2. The predicted octanol–water partition coefficient (Wildman–Crippen LogP) is 3.47. The van der Waals surface area contributed by atoms with Crippen LogP contribution in [0.3, 0.4) is 0 Å². The molecule has 184 valence electrons. The molecule has 1 aliphatic heterocycles. The molecule has 0 spiro atoms. The predicted molar refractivity (Wildman–Crippen MR) is 126 cm³/mol. The van der Waals surface area contributed by atoms with Crippen LogP contribution in [-0.2, 0) is 14.3 Å². The number of carbonyl (C=O) groups excluding carboxylic acids is 3. The second-order valence-corrected chi connectivity index (χ2v) is 8.31. The van der Waals surface area contributed by atoms with Crippen molar-refractivity contribution >= 4 is 23.4 Å². The fraction of sp³-hybridized carbons (Fsp3) is 0.480. The molecule has 9 nitrogen and oxygen atoms in total. The van der Waals surface area contributed by atoms with E-state index in [1.807, 2.05) is 13.8 Å². The summed E-state index contributed by atoms with van der Waals surface area (Å²) >= 11 is 0. The fourth-order valence-electron chi connectivity index (χ4n) is 4.44. The van der Waals surface area contributed by atoms with E-state index in [4.69, 9.17) is 9.15 Å². The largest absolute Gasteiger partial charge is 0.507 e. The molecule has 3 heterocycles. The molecule has 2 aromatic heterocycles. The van der Waals surface area contributed by atoms with Gasteiger partial charge in [0.15, 0.2) is 0 Å². The Kier molecular flexibility index (Phi) is 7.66. The molecule has 1 unspecified atom stereocenters. The second-order valence-electron chi connectivity index (χ2n) is 8.31. The molecule has 34 heavy (non-hydrogen) atoms. The van der Waals surface area contributed by atoms with Gasteiger partial charge in [0.2, 0.25) is 0 Å². The number of hydrogen-bond donors (Lipinski definition) is 2. The standard InChI is InChI=1S/C25H33N3O6/c1-7-27(8-2)12-13-28-21(17-11-10-14(4)34-17)19(23(30)24(28)31)22(29)18-15(5)20(26-16(18)6)25(32)33-9-3/h10-11,21,26,29H,7-9,12-13H2,1-6H3/b22-19+. The number of amides is 1. The molecular formula is C25H33N3O6. The highest BCUT2D eigenvalue weighted by Gasteiger charge is 2.48. The number of aliphatic hydroxyl groups is 1. The Bertz CT molecular complexity index is 1120. The van der Waals surface area contributed by atoms with E-state index < -0.39 is 23.7 Å². The third-order valence-electron chi connectivity index (χ3n) is 6.28. The average Bonchev–Trinajstić information content (AvgIpc) is 3.43. The van der Waals surface area contributed by atoms with Crippen LogP contribution in [0.25, 0.3) is 5.76 Å². The highest BCUT2D eigenvalue weighted by atomic mass is 16.5. The number of nitrogens with zero attached hydrogens (tertiary/aromatic N) is 2. The van der Waals surface area contributed by atoms with E-state index in [1.54, 1.807) is 39.8 Å². The van der Waals surface area contributed by atoms with Crippen LogP contribution in [0.4, 0.5) is 0 Å². The third kappa shape index (κ3) is 4.52. The van der Waals surface area contributed by atoms with Crippen molar-refractivity contribution in [3.05, 3.63) is 51.7 Å². The van der Waals surface area contributed by atoms with E-state index in [0.717, 1.165) is 13.1 Å². The van der Waals surface area contributed by atoms with E-state index in [1.165, 1.54) is 4.90 Å². The molecule has 1 saturated heterocycles. The number of ether oxygens (including phenoxy) is 1. The molecular weight excluding hydrogens is 438 g/mol. The summed E-state index contributed by atoms with van der Waals surface area (Å²) < 4.78 is 10.9. The number of nitrogens with one attached hydrogen (secondary N) is 1. The fourth-order valence-corrected chi connectivity index (χ4v) is 4.44. The molecule has 1 atom stereocenters. The Morgan fingerprint density at radius 3 is 2.41 bits per heavy atom. The van der Waals surface area contributed by atoms with E-state index in [2.05, 4.69) is 9.88 Å². The number of Topliss-reactive ketones (excluding diaryl/α,β-unsaturated/α-hetero) is 1. The van der Waals surface area contributed by atoms with Crippen molar-refractivity contribution < 1.29 is 28.6 Å². The number of esters is 1. The van der Waals surface area contributed by atoms with Gasteiger partial charge in [0.1, 0.15) is 29.0 Å². The molecule has 0 bridgehead atoms. The van der Waals surface area contributed by atoms with Crippen molar-refractivity contribution in [1.29, 1.82) is 0 Å². The zero-order valence-corrected chi connectivity index (χ0v) is 20.7. The summed E-state index contributed by atoms with van der Waals surface area (Å²) in [5.41, 5.74) is 1.37. The van der Waals surface area contributed by atoms with Crippen molar-refractivity contribution in [3.8, 4) is 0 Å². The van der Waals surface area contributed by atoms with Crippen molar-refractivity contribution in [2.24, 2.45) is 0 Å². The Hall–Kier alpha value is -3.33. The summed E-state index contributed by atoms with van der Waals surface area (Å²) in [7, 11) is 0. The molecule has 1 amide bonds. The average molecular weight is 472 g/mol. The van der Waals surface area contributed by atoms with Gasteiger partial charge in [-0.3, -0.25) is 9.59 Å². The Morgan fingerprint density at radius 1 is 1.18 bits per heavy atom. The van der Waals surface area contributed by atoms with Gasteiger partial charge in [0, 0.05) is 24.3 Å². The number of aryl methyl sites for hydroxylation is 2. The quantitative estimate of drug-likeness (QED) is 0.249. The third-order valence-corrected chi connectivity index (χ3v) is 6.28. The molecule has 0 radical (unpaired) electrons. The zero-order chi connectivity index (χ0) is 25.2. The van der Waals surface area contributed by atoms with Crippen molar-refractivity contribution in [1.82, 2.24) is 14.8 Å². The van der Waals surface area contributed by atoms with Crippen molar-refractivity contribution in [2.45, 2.75) is 47.6 Å². The molecule has 3 rings (SSSR count). The Balaban J connectivity index is 2.14. The van der Waals surface area contributed by atoms with Crippen LogP contribution >= 0.6 is 0 Å². The van der Waals surface area contributed by atoms with Crippen LogP contribution in [0.15, 0.2) is 22.1 Å². The van der Waals surface area contributed by atoms with Crippen LogP contribution in [0, 0.1) is 20.8 Å². The number of likely N-dealkylation sites (N-methyl/N-ethyl adjacent to an activating group) is 1. The van der Waals surface area contributed by atoms with E-state index >= 15 is 0 Å². The van der Waals surface area contributed by atoms with Crippen LogP contribution in [-0.4, -0.2) is 70.3 Å². The van der Waals surface area contributed by atoms with Gasteiger partial charge < -0.3 is 29.0 Å². The van der Waals surface area contributed by atoms with E-state index in [9.17, 15) is 19.5 Å². The van der Waals surface area contributed by atoms with Gasteiger partial charge in [-0.05, 0) is 58.5 Å². The molecule has 2 N–H and O–H groups in total. The summed E-state index contributed by atoms with van der Waals surface area (Å²) in [6.45, 7) is 13.6. The minimum atomic E-state index is -0.871. The Morgan fingerprint density at radius 2 is 1.85 bits per heavy atom. The number of likely N-dealkylation sites (tertiary alicyclic amines) is 1. The number of furan rings is 1. The summed E-state index contributed by atoms with van der Waals surface area (Å²) in [5.74, 6) is -1.35. The lowest BCUT2D eigenvalue weighted by atomic mass is 9.97. The van der Waals surface area contributed by atoms with E-state index in [0.29, 0.717) is 41.4 Å². The van der Waals surface area contributed by atoms with Crippen LogP contribution < -0.4 is 0 Å². The first-order valence-electron chi connectivity index (χ1n) is 11.6. The number of carbonyl (C=O) groups is 3. The van der Waals surface area contributed by atoms with Gasteiger partial charge in [-0.2, -0.15) is 0 Å². The summed E-state index contributed by atoms with van der Waals surface area (Å²) in [5, 5.41) is 11.4. The molecule has 9 heteroatoms. The van der Waals surface area contributed by atoms with Crippen LogP contribution in [0.2, 0.25) is 0 Å². The minimum Gasteiger partial charge on any atom is -0.507 e. The normalized spacial score (nSPS) is 17.7. The molecule has 1 fully saturated rings. The first-order valence-corrected chi connectivity index (χ1v) is 11.6. The molecule has 2 aromatic rings. The molecule has 0 saturated carbocycles. The van der Waals surface area contributed by atoms with E-state index in [-0.39, 0.29) is 23.6 Å². The maximum atomic E-state index is 13.2. The van der Waals surface area contributed by atoms with Crippen molar-refractivity contribution in [3.63, 3.8) is 0 Å². The summed E-state index contributed by atoms with van der Waals surface area (Å²) in [6.07, 6.45) is 0. The van der Waals surface area contributed by atoms with Crippen molar-refractivity contribution in [2.75, 3.05) is 32.8 Å². The first-order chi connectivity index (χ1) is 16.2. The highest BCUT2D eigenvalue weighted by Crippen LogP contribution is 2.41. The van der Waals surface area contributed by atoms with Crippen LogP contribution in [0.5, 0.6) is 0 Å². The summed E-state index contributed by atoms with van der Waals surface area (Å²) in [4.78, 5) is 45.2. The summed E-state index contributed by atoms with van der Waals surface area (Å²) in [6, 6.07) is 2.60. The second kappa shape index (κ2) is 10.3. The first kappa shape index (κ1) is 25.3. The number of rotatable bonds is 9. The number of aliphatic hydroxyl groups excluding tert-OH is 1. The number of aromatic nitrogens is 1. The zero-order valence-electron chi connectivity index (χ0n) is 20.7. The number of H-pyrrole nitrogens is 1. The molecule has 0 aliphatic carbocycles. The molecule has 1 aliphatic rings. The topological polar surface area (TPSA) is 116 Å². The highest BCUT2D eigenvalue weighted by molar-refractivity contribution is 6.46. The monoisotopic (exact) mass is 471 g/mol. The number of aromatic amines is 1. The number of ketones is 1. The molecule has 0 aromatic carbocycles. The van der Waals surface area contributed by atoms with Crippen LogP contribution in [0.1, 0.15) is 65.6 Å².